The molecule has 0 atom stereocenters. The number of hydrogen-bond donors (Lipinski definition) is 2. The van der Waals surface area contributed by atoms with Crippen molar-refractivity contribution in [1.82, 2.24) is 5.43 Å². The highest BCUT2D eigenvalue weighted by atomic mass is 35.5. The van der Waals surface area contributed by atoms with Gasteiger partial charge in [-0.1, -0.05) is 71.8 Å². The van der Waals surface area contributed by atoms with Gasteiger partial charge in [-0.05, 0) is 67.9 Å². The van der Waals surface area contributed by atoms with Gasteiger partial charge in [0.25, 0.3) is 21.8 Å². The van der Waals surface area contributed by atoms with Crippen molar-refractivity contribution < 1.29 is 18.0 Å². The normalized spacial score (nSPS) is 11.5. The van der Waals surface area contributed by atoms with Gasteiger partial charge in [0.2, 0.25) is 0 Å². The van der Waals surface area contributed by atoms with Crippen molar-refractivity contribution in [2.24, 2.45) is 5.10 Å². The van der Waals surface area contributed by atoms with Crippen LogP contribution < -0.4 is 15.0 Å². The maximum atomic E-state index is 13.5. The number of hydrazone groups is 1. The van der Waals surface area contributed by atoms with E-state index in [4.69, 9.17) is 11.6 Å². The fourth-order valence-corrected chi connectivity index (χ4v) is 5.51. The second-order valence-corrected chi connectivity index (χ2v) is 11.2. The summed E-state index contributed by atoms with van der Waals surface area (Å²) >= 11 is 6.32. The smallest absolute Gasteiger partial charge is 0.264 e. The Morgan fingerprint density at radius 1 is 0.850 bits per heavy atom. The van der Waals surface area contributed by atoms with Crippen molar-refractivity contribution in [1.29, 1.82) is 0 Å². The Morgan fingerprint density at radius 2 is 1.50 bits per heavy atom. The molecule has 0 aliphatic rings. The van der Waals surface area contributed by atoms with E-state index in [1.54, 1.807) is 85.8 Å². The summed E-state index contributed by atoms with van der Waals surface area (Å²) in [6.07, 6.45) is 0. The highest BCUT2D eigenvalue weighted by Gasteiger charge is 2.28. The number of sulfonamides is 1. The Balaban J connectivity index is 1.51. The molecule has 0 saturated carbocycles. The summed E-state index contributed by atoms with van der Waals surface area (Å²) in [4.78, 5) is 25.5. The first kappa shape index (κ1) is 28.5. The molecule has 2 N–H and O–H groups in total. The Hall–Kier alpha value is -4.47. The zero-order valence-corrected chi connectivity index (χ0v) is 23.4. The van der Waals surface area contributed by atoms with Crippen LogP contribution in [-0.4, -0.2) is 32.5 Å². The highest BCUT2D eigenvalue weighted by molar-refractivity contribution is 7.92. The van der Waals surface area contributed by atoms with E-state index < -0.39 is 22.5 Å². The molecule has 10 heteroatoms. The standard InChI is InChI=1S/C30H27ClN4O4S/c1-21-15-17-26(18-16-21)40(38,39)35(28-14-7-6-13-27(28)31)20-29(36)34-33-22(2)24-11-8-12-25(19-24)32-30(37)23-9-4-3-5-10-23/h3-19H,20H2,1-2H3,(H,32,37)(H,34,36)/b33-22-. The first-order valence-electron chi connectivity index (χ1n) is 12.3. The van der Waals surface area contributed by atoms with Crippen LogP contribution in [0.15, 0.2) is 113 Å². The number of halogens is 1. The molecule has 0 unspecified atom stereocenters. The third kappa shape index (κ3) is 6.93. The molecule has 0 spiro atoms. The number of carbonyl (C=O) groups is 2. The maximum absolute atomic E-state index is 13.5. The second-order valence-electron chi connectivity index (χ2n) is 8.91. The number of carbonyl (C=O) groups excluding carboxylic acids is 2. The first-order valence-corrected chi connectivity index (χ1v) is 14.1. The van der Waals surface area contributed by atoms with Crippen molar-refractivity contribution in [3.63, 3.8) is 0 Å². The molecule has 0 bridgehead atoms. The summed E-state index contributed by atoms with van der Waals surface area (Å²) in [5.74, 6) is -0.918. The summed E-state index contributed by atoms with van der Waals surface area (Å²) in [6.45, 7) is 2.99. The van der Waals surface area contributed by atoms with Crippen LogP contribution in [0.1, 0.15) is 28.4 Å². The summed E-state index contributed by atoms with van der Waals surface area (Å²) in [6, 6.07) is 28.6. The van der Waals surface area contributed by atoms with Gasteiger partial charge in [-0.15, -0.1) is 0 Å². The van der Waals surface area contributed by atoms with Crippen LogP contribution in [0.5, 0.6) is 0 Å². The van der Waals surface area contributed by atoms with E-state index in [1.807, 2.05) is 13.0 Å². The van der Waals surface area contributed by atoms with Crippen LogP contribution in [0, 0.1) is 6.92 Å². The van der Waals surface area contributed by atoms with E-state index in [2.05, 4.69) is 15.8 Å². The lowest BCUT2D eigenvalue weighted by atomic mass is 10.1. The molecule has 0 fully saturated rings. The first-order chi connectivity index (χ1) is 19.1. The minimum absolute atomic E-state index is 0.0277. The van der Waals surface area contributed by atoms with Crippen molar-refractivity contribution >= 4 is 50.5 Å². The zero-order valence-electron chi connectivity index (χ0n) is 21.8. The molecule has 0 aliphatic carbocycles. The molecule has 0 radical (unpaired) electrons. The Morgan fingerprint density at radius 3 is 2.20 bits per heavy atom. The van der Waals surface area contributed by atoms with Crippen LogP contribution >= 0.6 is 11.6 Å². The van der Waals surface area contributed by atoms with E-state index in [9.17, 15) is 18.0 Å². The lowest BCUT2D eigenvalue weighted by Gasteiger charge is -2.24. The zero-order chi connectivity index (χ0) is 28.7. The summed E-state index contributed by atoms with van der Waals surface area (Å²) < 4.78 is 28.0. The number of amides is 2. The Bertz CT molecular complexity index is 1660. The largest absolute Gasteiger partial charge is 0.322 e. The number of nitrogens with zero attached hydrogens (tertiary/aromatic N) is 2. The van der Waals surface area contributed by atoms with Crippen molar-refractivity contribution in [2.45, 2.75) is 18.7 Å². The summed E-state index contributed by atoms with van der Waals surface area (Å²) in [5.41, 5.74) is 5.69. The summed E-state index contributed by atoms with van der Waals surface area (Å²) in [5, 5.41) is 7.18. The van der Waals surface area contributed by atoms with Crippen LogP contribution in [0.2, 0.25) is 5.02 Å². The van der Waals surface area contributed by atoms with Gasteiger partial charge in [0, 0.05) is 11.3 Å². The molecule has 4 aromatic rings. The lowest BCUT2D eigenvalue weighted by molar-refractivity contribution is -0.119. The minimum atomic E-state index is -4.12. The quantitative estimate of drug-likeness (QED) is 0.199. The minimum Gasteiger partial charge on any atom is -0.322 e. The van der Waals surface area contributed by atoms with Gasteiger partial charge in [-0.2, -0.15) is 5.10 Å². The number of anilines is 2. The van der Waals surface area contributed by atoms with Gasteiger partial charge in [-0.25, -0.2) is 13.8 Å². The molecule has 2 amide bonds. The number of benzene rings is 4. The maximum Gasteiger partial charge on any atom is 0.264 e. The fraction of sp³-hybridized carbons (Fsp3) is 0.100. The van der Waals surface area contributed by atoms with Gasteiger partial charge in [0.15, 0.2) is 0 Å². The molecule has 0 heterocycles. The van der Waals surface area contributed by atoms with E-state index in [-0.39, 0.29) is 21.5 Å². The van der Waals surface area contributed by atoms with Crippen LogP contribution in [0.25, 0.3) is 0 Å². The van der Waals surface area contributed by atoms with Gasteiger partial charge in [0.1, 0.15) is 6.54 Å². The molecule has 4 rings (SSSR count). The second kappa shape index (κ2) is 12.6. The molecule has 0 aliphatic heterocycles. The molecule has 0 saturated heterocycles. The van der Waals surface area contributed by atoms with E-state index in [0.29, 0.717) is 22.5 Å². The van der Waals surface area contributed by atoms with Gasteiger partial charge >= 0.3 is 0 Å². The van der Waals surface area contributed by atoms with Crippen molar-refractivity contribution in [3.8, 4) is 0 Å². The molecule has 204 valence electrons. The van der Waals surface area contributed by atoms with Crippen molar-refractivity contribution in [3.05, 3.63) is 125 Å². The predicted molar refractivity (Wildman–Crippen MR) is 158 cm³/mol. The average molecular weight is 575 g/mol. The molecule has 4 aromatic carbocycles. The van der Waals surface area contributed by atoms with E-state index in [1.165, 1.54) is 18.2 Å². The number of aryl methyl sites for hydroxylation is 1. The Labute approximate surface area is 238 Å². The van der Waals surface area contributed by atoms with Crippen LogP contribution in [0.3, 0.4) is 0 Å². The highest BCUT2D eigenvalue weighted by Crippen LogP contribution is 2.30. The predicted octanol–water partition coefficient (Wildman–Crippen LogP) is 5.64. The average Bonchev–Trinajstić information content (AvgIpc) is 2.96. The number of nitrogens with one attached hydrogen (secondary N) is 2. The lowest BCUT2D eigenvalue weighted by Crippen LogP contribution is -2.40. The molecular formula is C30H27ClN4O4S. The third-order valence-electron chi connectivity index (χ3n) is 5.94. The van der Waals surface area contributed by atoms with Gasteiger partial charge in [0.05, 0.1) is 21.3 Å². The molecule has 0 aromatic heterocycles. The van der Waals surface area contributed by atoms with E-state index in [0.717, 1.165) is 9.87 Å². The molecule has 40 heavy (non-hydrogen) atoms. The monoisotopic (exact) mass is 574 g/mol. The van der Waals surface area contributed by atoms with E-state index >= 15 is 0 Å². The number of hydrogen-bond acceptors (Lipinski definition) is 5. The van der Waals surface area contributed by atoms with Gasteiger partial charge in [-0.3, -0.25) is 13.9 Å². The topological polar surface area (TPSA) is 108 Å². The number of rotatable bonds is 9. The van der Waals surface area contributed by atoms with Gasteiger partial charge < -0.3 is 5.32 Å². The third-order valence-corrected chi connectivity index (χ3v) is 8.03. The van der Waals surface area contributed by atoms with Crippen LogP contribution in [-0.2, 0) is 14.8 Å². The number of para-hydroxylation sites is 1. The SMILES string of the molecule is C/C(=N/NC(=O)CN(c1ccccc1Cl)S(=O)(=O)c1ccc(C)cc1)c1cccc(NC(=O)c2ccccc2)c1. The molecular weight excluding hydrogens is 548 g/mol. The van der Waals surface area contributed by atoms with Crippen LogP contribution in [0.4, 0.5) is 11.4 Å². The summed E-state index contributed by atoms with van der Waals surface area (Å²) in [7, 11) is -4.12. The van der Waals surface area contributed by atoms with Crippen molar-refractivity contribution in [2.75, 3.05) is 16.2 Å². The Kier molecular flexibility index (Phi) is 8.98. The fourth-order valence-electron chi connectivity index (χ4n) is 3.78. The molecule has 8 nitrogen and oxygen atoms in total.